The second kappa shape index (κ2) is 10.7. The summed E-state index contributed by atoms with van der Waals surface area (Å²) in [5.41, 5.74) is 0.706. The first-order valence-corrected chi connectivity index (χ1v) is 10.3. The molecule has 7 heteroatoms. The Bertz CT molecular complexity index is 883. The van der Waals surface area contributed by atoms with Crippen molar-refractivity contribution in [3.8, 4) is 5.75 Å². The summed E-state index contributed by atoms with van der Waals surface area (Å²) < 4.78 is 32.6. The number of rotatable bonds is 9. The van der Waals surface area contributed by atoms with E-state index in [9.17, 15) is 18.4 Å². The second-order valence-electron chi connectivity index (χ2n) is 7.39. The fourth-order valence-electron chi connectivity index (χ4n) is 3.45. The number of nitrogens with one attached hydrogen (secondary N) is 2. The predicted molar refractivity (Wildman–Crippen MR) is 109 cm³/mol. The lowest BCUT2D eigenvalue weighted by molar-refractivity contribution is -0.121. The summed E-state index contributed by atoms with van der Waals surface area (Å²) in [6, 6.07) is 10.5. The maximum absolute atomic E-state index is 13.6. The molecule has 3 rings (SSSR count). The Labute approximate surface area is 174 Å². The van der Waals surface area contributed by atoms with E-state index in [-0.39, 0.29) is 30.5 Å². The number of carbonyl (C=O) groups excluding carboxylic acids is 2. The molecular formula is C23H26F2N2O3. The van der Waals surface area contributed by atoms with Crippen LogP contribution in [0, 0.1) is 11.6 Å². The third-order valence-electron chi connectivity index (χ3n) is 5.09. The summed E-state index contributed by atoms with van der Waals surface area (Å²) in [6.07, 6.45) is 5.37. The maximum atomic E-state index is 13.6. The van der Waals surface area contributed by atoms with Gasteiger partial charge in [-0.2, -0.15) is 0 Å². The van der Waals surface area contributed by atoms with Gasteiger partial charge in [0.2, 0.25) is 5.91 Å². The molecule has 1 saturated carbocycles. The maximum Gasteiger partial charge on any atom is 0.254 e. The normalized spacial score (nSPS) is 13.8. The van der Waals surface area contributed by atoms with E-state index >= 15 is 0 Å². The summed E-state index contributed by atoms with van der Waals surface area (Å²) >= 11 is 0. The standard InChI is InChI=1S/C23H26F2N2O3/c24-17-11-12-19(20(25)14-17)23(29)26-13-5-10-22(28)27-15-16-6-1-4-9-21(16)30-18-7-2-3-8-18/h1,4,6,9,11-12,14,18H,2-3,5,7-8,10,13,15H2,(H,26,29)(H,27,28). The van der Waals surface area contributed by atoms with Gasteiger partial charge in [-0.05, 0) is 50.3 Å². The first-order valence-electron chi connectivity index (χ1n) is 10.3. The minimum atomic E-state index is -0.913. The molecule has 0 bridgehead atoms. The van der Waals surface area contributed by atoms with Gasteiger partial charge in [0.15, 0.2) is 0 Å². The number of para-hydroxylation sites is 1. The molecule has 160 valence electrons. The molecule has 2 aromatic carbocycles. The van der Waals surface area contributed by atoms with Crippen molar-refractivity contribution in [2.24, 2.45) is 0 Å². The molecule has 1 fully saturated rings. The SMILES string of the molecule is O=C(CCCNC(=O)c1ccc(F)cc1F)NCc1ccccc1OC1CCCC1. The fraction of sp³-hybridized carbons (Fsp3) is 0.391. The third kappa shape index (κ3) is 6.27. The molecule has 30 heavy (non-hydrogen) atoms. The van der Waals surface area contributed by atoms with E-state index in [1.807, 2.05) is 24.3 Å². The Kier molecular flexibility index (Phi) is 7.76. The lowest BCUT2D eigenvalue weighted by atomic mass is 10.2. The van der Waals surface area contributed by atoms with Crippen LogP contribution in [0.25, 0.3) is 0 Å². The van der Waals surface area contributed by atoms with Gasteiger partial charge in [0, 0.05) is 31.1 Å². The van der Waals surface area contributed by atoms with E-state index in [1.54, 1.807) is 0 Å². The third-order valence-corrected chi connectivity index (χ3v) is 5.09. The zero-order chi connectivity index (χ0) is 21.3. The number of benzene rings is 2. The Hall–Kier alpha value is -2.96. The number of hydrogen-bond acceptors (Lipinski definition) is 3. The zero-order valence-electron chi connectivity index (χ0n) is 16.8. The van der Waals surface area contributed by atoms with E-state index < -0.39 is 17.5 Å². The van der Waals surface area contributed by atoms with Crippen LogP contribution in [0.1, 0.15) is 54.4 Å². The van der Waals surface area contributed by atoms with E-state index in [0.29, 0.717) is 19.0 Å². The van der Waals surface area contributed by atoms with Crippen molar-refractivity contribution in [2.45, 2.75) is 51.2 Å². The van der Waals surface area contributed by atoms with E-state index in [0.717, 1.165) is 36.3 Å². The van der Waals surface area contributed by atoms with Gasteiger partial charge in [-0.3, -0.25) is 9.59 Å². The number of halogens is 2. The molecule has 0 aromatic heterocycles. The molecule has 1 aliphatic rings. The summed E-state index contributed by atoms with van der Waals surface area (Å²) in [7, 11) is 0. The van der Waals surface area contributed by atoms with Crippen LogP contribution >= 0.6 is 0 Å². The lowest BCUT2D eigenvalue weighted by Crippen LogP contribution is -2.28. The fourth-order valence-corrected chi connectivity index (χ4v) is 3.45. The highest BCUT2D eigenvalue weighted by Gasteiger charge is 2.18. The van der Waals surface area contributed by atoms with Crippen molar-refractivity contribution in [3.05, 3.63) is 65.2 Å². The Balaban J connectivity index is 1.38. The van der Waals surface area contributed by atoms with Crippen LogP contribution in [0.15, 0.2) is 42.5 Å². The highest BCUT2D eigenvalue weighted by atomic mass is 19.1. The average molecular weight is 416 g/mol. The Morgan fingerprint density at radius 1 is 1.03 bits per heavy atom. The van der Waals surface area contributed by atoms with Crippen LogP contribution in [0.4, 0.5) is 8.78 Å². The second-order valence-corrected chi connectivity index (χ2v) is 7.39. The van der Waals surface area contributed by atoms with Gasteiger partial charge in [0.05, 0.1) is 11.7 Å². The largest absolute Gasteiger partial charge is 0.490 e. The van der Waals surface area contributed by atoms with Crippen LogP contribution in [-0.4, -0.2) is 24.5 Å². The summed E-state index contributed by atoms with van der Waals surface area (Å²) in [5.74, 6) is -1.63. The van der Waals surface area contributed by atoms with E-state index in [1.165, 1.54) is 12.8 Å². The molecule has 0 atom stereocenters. The monoisotopic (exact) mass is 416 g/mol. The van der Waals surface area contributed by atoms with Crippen molar-refractivity contribution in [2.75, 3.05) is 6.54 Å². The van der Waals surface area contributed by atoms with Gasteiger partial charge >= 0.3 is 0 Å². The van der Waals surface area contributed by atoms with Crippen molar-refractivity contribution < 1.29 is 23.1 Å². The summed E-state index contributed by atoms with van der Waals surface area (Å²) in [4.78, 5) is 24.0. The molecular weight excluding hydrogens is 390 g/mol. The summed E-state index contributed by atoms with van der Waals surface area (Å²) in [5, 5.41) is 5.40. The molecule has 2 amide bonds. The zero-order valence-corrected chi connectivity index (χ0v) is 16.8. The quantitative estimate of drug-likeness (QED) is 0.605. The molecule has 0 spiro atoms. The molecule has 2 N–H and O–H groups in total. The first kappa shape index (κ1) is 21.7. The van der Waals surface area contributed by atoms with Crippen molar-refractivity contribution in [1.82, 2.24) is 10.6 Å². The lowest BCUT2D eigenvalue weighted by Gasteiger charge is -2.16. The Morgan fingerprint density at radius 3 is 2.57 bits per heavy atom. The molecule has 0 unspecified atom stereocenters. The number of carbonyl (C=O) groups is 2. The van der Waals surface area contributed by atoms with Crippen LogP contribution in [0.5, 0.6) is 5.75 Å². The Morgan fingerprint density at radius 2 is 1.80 bits per heavy atom. The molecule has 2 aromatic rings. The topological polar surface area (TPSA) is 67.4 Å². The van der Waals surface area contributed by atoms with Crippen LogP contribution < -0.4 is 15.4 Å². The average Bonchev–Trinajstić information content (AvgIpc) is 3.23. The van der Waals surface area contributed by atoms with Gasteiger partial charge < -0.3 is 15.4 Å². The van der Waals surface area contributed by atoms with E-state index in [2.05, 4.69) is 10.6 Å². The van der Waals surface area contributed by atoms with Gasteiger partial charge in [-0.15, -0.1) is 0 Å². The molecule has 0 heterocycles. The van der Waals surface area contributed by atoms with Gasteiger partial charge in [0.25, 0.3) is 5.91 Å². The number of hydrogen-bond donors (Lipinski definition) is 2. The minimum Gasteiger partial charge on any atom is -0.490 e. The van der Waals surface area contributed by atoms with Crippen LogP contribution in [0.2, 0.25) is 0 Å². The molecule has 0 radical (unpaired) electrons. The predicted octanol–water partition coefficient (Wildman–Crippen LogP) is 4.11. The smallest absolute Gasteiger partial charge is 0.254 e. The van der Waals surface area contributed by atoms with Crippen molar-refractivity contribution in [3.63, 3.8) is 0 Å². The number of ether oxygens (including phenoxy) is 1. The molecule has 1 aliphatic carbocycles. The molecule has 0 saturated heterocycles. The van der Waals surface area contributed by atoms with Gasteiger partial charge in [-0.1, -0.05) is 18.2 Å². The van der Waals surface area contributed by atoms with Crippen molar-refractivity contribution >= 4 is 11.8 Å². The van der Waals surface area contributed by atoms with Crippen LogP contribution in [0.3, 0.4) is 0 Å². The highest BCUT2D eigenvalue weighted by Crippen LogP contribution is 2.26. The molecule has 5 nitrogen and oxygen atoms in total. The summed E-state index contributed by atoms with van der Waals surface area (Å²) in [6.45, 7) is 0.583. The van der Waals surface area contributed by atoms with Gasteiger partial charge in [-0.25, -0.2) is 8.78 Å². The van der Waals surface area contributed by atoms with Crippen LogP contribution in [-0.2, 0) is 11.3 Å². The minimum absolute atomic E-state index is 0.145. The van der Waals surface area contributed by atoms with Crippen molar-refractivity contribution in [1.29, 1.82) is 0 Å². The van der Waals surface area contributed by atoms with E-state index in [4.69, 9.17) is 4.74 Å². The number of amides is 2. The van der Waals surface area contributed by atoms with Gasteiger partial charge in [0.1, 0.15) is 17.4 Å². The highest BCUT2D eigenvalue weighted by molar-refractivity contribution is 5.94. The first-order chi connectivity index (χ1) is 14.5. The molecule has 0 aliphatic heterocycles.